The maximum Gasteiger partial charge on any atom is 0.220 e. The number of amides is 1. The third kappa shape index (κ3) is 4.58. The summed E-state index contributed by atoms with van der Waals surface area (Å²) in [5.74, 6) is 1.22. The number of hydrogen-bond acceptors (Lipinski definition) is 4. The summed E-state index contributed by atoms with van der Waals surface area (Å²) in [7, 11) is 0. The van der Waals surface area contributed by atoms with Crippen LogP contribution in [0.2, 0.25) is 5.02 Å². The van der Waals surface area contributed by atoms with Crippen LogP contribution in [0.15, 0.2) is 34.9 Å². The average Bonchev–Trinajstić information content (AvgIpc) is 3.05. The fourth-order valence-corrected chi connectivity index (χ4v) is 3.04. The summed E-state index contributed by atoms with van der Waals surface area (Å²) in [6.45, 7) is 0. The highest BCUT2D eigenvalue weighted by Crippen LogP contribution is 2.23. The molecule has 2 N–H and O–H groups in total. The molecule has 1 amide bonds. The molecule has 1 aliphatic rings. The fourth-order valence-electron chi connectivity index (χ4n) is 2.91. The summed E-state index contributed by atoms with van der Waals surface area (Å²) >= 11 is 5.87. The van der Waals surface area contributed by atoms with Gasteiger partial charge in [0.25, 0.3) is 0 Å². The van der Waals surface area contributed by atoms with E-state index in [2.05, 4.69) is 10.3 Å². The van der Waals surface area contributed by atoms with E-state index >= 15 is 0 Å². The Balaban J connectivity index is 1.48. The Kier molecular flexibility index (Phi) is 5.53. The van der Waals surface area contributed by atoms with Crippen LogP contribution in [0.3, 0.4) is 0 Å². The van der Waals surface area contributed by atoms with Crippen molar-refractivity contribution in [2.75, 3.05) is 0 Å². The van der Waals surface area contributed by atoms with Crippen molar-refractivity contribution < 1.29 is 14.3 Å². The largest absolute Gasteiger partial charge is 0.441 e. The Morgan fingerprint density at radius 1 is 1.25 bits per heavy atom. The fraction of sp³-hybridized carbons (Fsp3) is 0.444. The van der Waals surface area contributed by atoms with Crippen molar-refractivity contribution in [3.8, 4) is 11.3 Å². The molecule has 1 aromatic carbocycles. The molecular weight excluding hydrogens is 328 g/mol. The summed E-state index contributed by atoms with van der Waals surface area (Å²) in [5, 5.41) is 13.2. The number of oxazole rings is 1. The molecule has 1 heterocycles. The van der Waals surface area contributed by atoms with E-state index in [1.807, 2.05) is 12.1 Å². The molecule has 1 saturated carbocycles. The van der Waals surface area contributed by atoms with Crippen molar-refractivity contribution in [2.45, 2.75) is 50.7 Å². The minimum atomic E-state index is -0.211. The number of aryl methyl sites for hydroxylation is 1. The zero-order valence-corrected chi connectivity index (χ0v) is 14.1. The second-order valence-electron chi connectivity index (χ2n) is 6.20. The number of aliphatic hydroxyl groups excluding tert-OH is 1. The molecule has 0 saturated heterocycles. The van der Waals surface area contributed by atoms with E-state index in [1.165, 1.54) is 0 Å². The van der Waals surface area contributed by atoms with Crippen LogP contribution in [-0.4, -0.2) is 28.1 Å². The molecule has 24 heavy (non-hydrogen) atoms. The topological polar surface area (TPSA) is 75.4 Å². The third-order valence-electron chi connectivity index (χ3n) is 4.31. The first-order valence-electron chi connectivity index (χ1n) is 8.28. The first-order valence-corrected chi connectivity index (χ1v) is 8.66. The maximum absolute atomic E-state index is 12.0. The molecule has 2 aromatic rings. The number of hydrogen-bond donors (Lipinski definition) is 2. The Morgan fingerprint density at radius 3 is 2.67 bits per heavy atom. The zero-order valence-electron chi connectivity index (χ0n) is 13.4. The smallest absolute Gasteiger partial charge is 0.220 e. The minimum absolute atomic E-state index is 0.00244. The van der Waals surface area contributed by atoms with Gasteiger partial charge >= 0.3 is 0 Å². The third-order valence-corrected chi connectivity index (χ3v) is 4.56. The van der Waals surface area contributed by atoms with E-state index in [0.717, 1.165) is 31.2 Å². The van der Waals surface area contributed by atoms with Gasteiger partial charge in [-0.15, -0.1) is 0 Å². The van der Waals surface area contributed by atoms with Gasteiger partial charge in [-0.05, 0) is 49.9 Å². The molecule has 1 fully saturated rings. The number of rotatable bonds is 5. The first kappa shape index (κ1) is 17.0. The number of carbonyl (C=O) groups is 1. The second-order valence-corrected chi connectivity index (χ2v) is 6.63. The molecule has 5 nitrogen and oxygen atoms in total. The lowest BCUT2D eigenvalue weighted by atomic mass is 9.93. The Morgan fingerprint density at radius 2 is 1.96 bits per heavy atom. The molecule has 6 heteroatoms. The van der Waals surface area contributed by atoms with Gasteiger partial charge < -0.3 is 14.8 Å². The molecule has 0 atom stereocenters. The number of nitrogens with one attached hydrogen (secondary N) is 1. The zero-order chi connectivity index (χ0) is 16.9. The van der Waals surface area contributed by atoms with Crippen molar-refractivity contribution in [3.63, 3.8) is 0 Å². The summed E-state index contributed by atoms with van der Waals surface area (Å²) < 4.78 is 5.70. The summed E-state index contributed by atoms with van der Waals surface area (Å²) in [6, 6.07) is 7.52. The number of benzene rings is 1. The van der Waals surface area contributed by atoms with Crippen LogP contribution in [0.5, 0.6) is 0 Å². The van der Waals surface area contributed by atoms with Crippen LogP contribution in [0.1, 0.15) is 38.0 Å². The van der Waals surface area contributed by atoms with Gasteiger partial charge in [0.1, 0.15) is 0 Å². The monoisotopic (exact) mass is 348 g/mol. The van der Waals surface area contributed by atoms with E-state index in [1.54, 1.807) is 18.3 Å². The highest BCUT2D eigenvalue weighted by Gasteiger charge is 2.20. The normalized spacial score (nSPS) is 20.8. The molecule has 1 aliphatic carbocycles. The highest BCUT2D eigenvalue weighted by molar-refractivity contribution is 6.30. The average molecular weight is 349 g/mol. The van der Waals surface area contributed by atoms with Crippen LogP contribution in [0, 0.1) is 0 Å². The van der Waals surface area contributed by atoms with Gasteiger partial charge in [-0.1, -0.05) is 11.6 Å². The van der Waals surface area contributed by atoms with Gasteiger partial charge in [0, 0.05) is 29.5 Å². The Hall–Kier alpha value is -1.85. The number of aliphatic hydroxyl groups is 1. The Bertz CT molecular complexity index is 676. The van der Waals surface area contributed by atoms with Gasteiger partial charge in [-0.3, -0.25) is 4.79 Å². The Labute approximate surface area is 146 Å². The molecule has 1 aromatic heterocycles. The predicted molar refractivity (Wildman–Crippen MR) is 91.7 cm³/mol. The summed E-state index contributed by atoms with van der Waals surface area (Å²) in [5.41, 5.74) is 0.906. The van der Waals surface area contributed by atoms with Crippen LogP contribution < -0.4 is 5.32 Å². The summed E-state index contributed by atoms with van der Waals surface area (Å²) in [6.07, 6.45) is 5.47. The number of nitrogens with zero attached hydrogens (tertiary/aromatic N) is 1. The van der Waals surface area contributed by atoms with E-state index < -0.39 is 0 Å². The molecule has 3 rings (SSSR count). The van der Waals surface area contributed by atoms with Crippen molar-refractivity contribution in [2.24, 2.45) is 0 Å². The van der Waals surface area contributed by atoms with Crippen molar-refractivity contribution >= 4 is 17.5 Å². The van der Waals surface area contributed by atoms with Crippen molar-refractivity contribution in [3.05, 3.63) is 41.4 Å². The predicted octanol–water partition coefficient (Wildman–Crippen LogP) is 3.35. The lowest BCUT2D eigenvalue weighted by Gasteiger charge is -2.26. The molecule has 0 aliphatic heterocycles. The molecule has 0 unspecified atom stereocenters. The molecule has 0 spiro atoms. The van der Waals surface area contributed by atoms with E-state index in [4.69, 9.17) is 16.0 Å². The molecule has 0 bridgehead atoms. The van der Waals surface area contributed by atoms with Crippen LogP contribution in [-0.2, 0) is 11.2 Å². The van der Waals surface area contributed by atoms with Crippen LogP contribution in [0.4, 0.5) is 0 Å². The number of aromatic nitrogens is 1. The number of carbonyl (C=O) groups excluding carboxylic acids is 1. The van der Waals surface area contributed by atoms with Crippen molar-refractivity contribution in [1.82, 2.24) is 10.3 Å². The van der Waals surface area contributed by atoms with Crippen LogP contribution >= 0.6 is 11.6 Å². The van der Waals surface area contributed by atoms with E-state index in [-0.39, 0.29) is 18.1 Å². The maximum atomic E-state index is 12.0. The van der Waals surface area contributed by atoms with Gasteiger partial charge in [0.2, 0.25) is 5.91 Å². The number of halogens is 1. The lowest BCUT2D eigenvalue weighted by Crippen LogP contribution is -2.38. The van der Waals surface area contributed by atoms with E-state index in [9.17, 15) is 9.90 Å². The van der Waals surface area contributed by atoms with Gasteiger partial charge in [0.15, 0.2) is 11.7 Å². The standard InChI is InChI=1S/C18H21ClN2O3/c19-13-3-1-12(2-4-13)16-11-20-18(24-16)10-9-17(23)21-14-5-7-15(22)8-6-14/h1-4,11,14-15,22H,5-10H2,(H,21,23). The molecular formula is C18H21ClN2O3. The quantitative estimate of drug-likeness (QED) is 0.868. The first-order chi connectivity index (χ1) is 11.6. The van der Waals surface area contributed by atoms with Crippen molar-refractivity contribution in [1.29, 1.82) is 0 Å². The minimum Gasteiger partial charge on any atom is -0.441 e. The lowest BCUT2D eigenvalue weighted by molar-refractivity contribution is -0.122. The highest BCUT2D eigenvalue weighted by atomic mass is 35.5. The van der Waals surface area contributed by atoms with Gasteiger partial charge in [0.05, 0.1) is 12.3 Å². The second kappa shape index (κ2) is 7.81. The van der Waals surface area contributed by atoms with E-state index in [0.29, 0.717) is 29.5 Å². The van der Waals surface area contributed by atoms with Crippen LogP contribution in [0.25, 0.3) is 11.3 Å². The SMILES string of the molecule is O=C(CCc1ncc(-c2ccc(Cl)cc2)o1)NC1CCC(O)CC1. The molecule has 0 radical (unpaired) electrons. The molecule has 128 valence electrons. The van der Waals surface area contributed by atoms with Gasteiger partial charge in [-0.2, -0.15) is 0 Å². The van der Waals surface area contributed by atoms with Gasteiger partial charge in [-0.25, -0.2) is 4.98 Å². The summed E-state index contributed by atoms with van der Waals surface area (Å²) in [4.78, 5) is 16.3.